The molecular weight excluding hydrogens is 260 g/mol. The molecule has 1 atom stereocenters. The van der Waals surface area contributed by atoms with Crippen molar-refractivity contribution in [2.45, 2.75) is 25.3 Å². The molecule has 0 saturated heterocycles. The van der Waals surface area contributed by atoms with Gasteiger partial charge in [0.15, 0.2) is 0 Å². The van der Waals surface area contributed by atoms with E-state index in [2.05, 4.69) is 53.8 Å². The molecule has 3 rings (SSSR count). The van der Waals surface area contributed by atoms with Gasteiger partial charge in [0.2, 0.25) is 5.91 Å². The van der Waals surface area contributed by atoms with Gasteiger partial charge >= 0.3 is 0 Å². The van der Waals surface area contributed by atoms with Crippen molar-refractivity contribution in [2.24, 2.45) is 5.73 Å². The molecule has 21 heavy (non-hydrogen) atoms. The van der Waals surface area contributed by atoms with E-state index < -0.39 is 6.04 Å². The van der Waals surface area contributed by atoms with Crippen molar-refractivity contribution in [3.63, 3.8) is 0 Å². The Morgan fingerprint density at radius 2 is 1.62 bits per heavy atom. The van der Waals surface area contributed by atoms with E-state index in [0.717, 1.165) is 6.42 Å². The zero-order valence-corrected chi connectivity index (χ0v) is 12.2. The second-order valence-corrected chi connectivity index (χ2v) is 5.60. The molecule has 1 aliphatic rings. The van der Waals surface area contributed by atoms with Crippen LogP contribution in [0.15, 0.2) is 48.5 Å². The van der Waals surface area contributed by atoms with E-state index in [1.54, 1.807) is 6.92 Å². The van der Waals surface area contributed by atoms with Gasteiger partial charge in [0.05, 0.1) is 6.04 Å². The van der Waals surface area contributed by atoms with Gasteiger partial charge in [0, 0.05) is 12.5 Å². The molecule has 108 valence electrons. The minimum atomic E-state index is -0.451. The van der Waals surface area contributed by atoms with Crippen molar-refractivity contribution in [2.75, 3.05) is 6.54 Å². The lowest BCUT2D eigenvalue weighted by atomic mass is 9.93. The molecule has 3 nitrogen and oxygen atoms in total. The lowest BCUT2D eigenvalue weighted by Crippen LogP contribution is -2.38. The van der Waals surface area contributed by atoms with E-state index in [1.165, 1.54) is 22.3 Å². The molecule has 1 amide bonds. The van der Waals surface area contributed by atoms with Crippen LogP contribution in [-0.4, -0.2) is 18.5 Å². The van der Waals surface area contributed by atoms with Crippen LogP contribution in [0.25, 0.3) is 11.1 Å². The lowest BCUT2D eigenvalue weighted by Gasteiger charge is -2.15. The topological polar surface area (TPSA) is 55.1 Å². The number of hydrogen-bond acceptors (Lipinski definition) is 2. The van der Waals surface area contributed by atoms with E-state index in [4.69, 9.17) is 5.73 Å². The summed E-state index contributed by atoms with van der Waals surface area (Å²) < 4.78 is 0. The first-order valence-electron chi connectivity index (χ1n) is 7.40. The van der Waals surface area contributed by atoms with Crippen molar-refractivity contribution in [3.05, 3.63) is 59.7 Å². The van der Waals surface area contributed by atoms with Gasteiger partial charge in [-0.3, -0.25) is 4.79 Å². The molecule has 3 heteroatoms. The fourth-order valence-electron chi connectivity index (χ4n) is 3.07. The van der Waals surface area contributed by atoms with Gasteiger partial charge in [0.1, 0.15) is 0 Å². The monoisotopic (exact) mass is 280 g/mol. The Bertz CT molecular complexity index is 618. The standard InChI is InChI=1S/C18H20N2O/c1-12(19)18(21)20-11-10-17-15-8-4-2-6-13(15)14-7-3-5-9-16(14)17/h2-9,12,17H,10-11,19H2,1H3,(H,20,21)/t12-/m1/s1. The number of benzene rings is 2. The van der Waals surface area contributed by atoms with Crippen LogP contribution < -0.4 is 11.1 Å². The fraction of sp³-hybridized carbons (Fsp3) is 0.278. The lowest BCUT2D eigenvalue weighted by molar-refractivity contribution is -0.121. The highest BCUT2D eigenvalue weighted by atomic mass is 16.2. The highest BCUT2D eigenvalue weighted by molar-refractivity contribution is 5.81. The molecule has 0 fully saturated rings. The minimum Gasteiger partial charge on any atom is -0.355 e. The van der Waals surface area contributed by atoms with Gasteiger partial charge in [-0.05, 0) is 35.6 Å². The molecule has 2 aromatic carbocycles. The number of carbonyl (C=O) groups is 1. The molecule has 0 saturated carbocycles. The highest BCUT2D eigenvalue weighted by Gasteiger charge is 2.27. The summed E-state index contributed by atoms with van der Waals surface area (Å²) in [5.41, 5.74) is 10.9. The van der Waals surface area contributed by atoms with E-state index >= 15 is 0 Å². The summed E-state index contributed by atoms with van der Waals surface area (Å²) in [4.78, 5) is 11.6. The van der Waals surface area contributed by atoms with Crippen LogP contribution in [0.1, 0.15) is 30.4 Å². The Morgan fingerprint density at radius 3 is 2.14 bits per heavy atom. The molecule has 1 aliphatic carbocycles. The molecule has 0 spiro atoms. The molecule has 0 aromatic heterocycles. The molecule has 0 aliphatic heterocycles. The highest BCUT2D eigenvalue weighted by Crippen LogP contribution is 2.45. The normalized spacial score (nSPS) is 14.4. The SMILES string of the molecule is C[C@@H](N)C(=O)NCCC1c2ccccc2-c2ccccc21. The first-order chi connectivity index (χ1) is 10.2. The number of amides is 1. The van der Waals surface area contributed by atoms with Gasteiger partial charge in [-0.1, -0.05) is 48.5 Å². The summed E-state index contributed by atoms with van der Waals surface area (Å²) in [6.07, 6.45) is 0.895. The van der Waals surface area contributed by atoms with Gasteiger partial charge in [-0.15, -0.1) is 0 Å². The number of fused-ring (bicyclic) bond motifs is 3. The maximum atomic E-state index is 11.6. The third-order valence-electron chi connectivity index (χ3n) is 4.11. The van der Waals surface area contributed by atoms with Gasteiger partial charge in [-0.25, -0.2) is 0 Å². The van der Waals surface area contributed by atoms with Gasteiger partial charge < -0.3 is 11.1 Å². The number of hydrogen-bond donors (Lipinski definition) is 2. The summed E-state index contributed by atoms with van der Waals surface area (Å²) in [5.74, 6) is 0.264. The maximum Gasteiger partial charge on any atom is 0.236 e. The van der Waals surface area contributed by atoms with E-state index in [-0.39, 0.29) is 5.91 Å². The second kappa shape index (κ2) is 5.70. The average Bonchev–Trinajstić information content (AvgIpc) is 2.82. The summed E-state index contributed by atoms with van der Waals surface area (Å²) in [6, 6.07) is 16.6. The predicted octanol–water partition coefficient (Wildman–Crippen LogP) is 2.65. The number of carbonyl (C=O) groups excluding carboxylic acids is 1. The first-order valence-corrected chi connectivity index (χ1v) is 7.40. The zero-order chi connectivity index (χ0) is 14.8. The molecule has 2 aromatic rings. The van der Waals surface area contributed by atoms with Crippen LogP contribution >= 0.6 is 0 Å². The van der Waals surface area contributed by atoms with Crippen LogP contribution in [-0.2, 0) is 4.79 Å². The molecule has 0 radical (unpaired) electrons. The van der Waals surface area contributed by atoms with Gasteiger partial charge in [0.25, 0.3) is 0 Å². The smallest absolute Gasteiger partial charge is 0.236 e. The van der Waals surface area contributed by atoms with Crippen molar-refractivity contribution in [3.8, 4) is 11.1 Å². The Kier molecular flexibility index (Phi) is 3.76. The van der Waals surface area contributed by atoms with Crippen LogP contribution in [0.5, 0.6) is 0 Å². The third kappa shape index (κ3) is 2.57. The van der Waals surface area contributed by atoms with Crippen molar-refractivity contribution in [1.82, 2.24) is 5.32 Å². The van der Waals surface area contributed by atoms with Crippen molar-refractivity contribution in [1.29, 1.82) is 0 Å². The molecule has 0 unspecified atom stereocenters. The number of rotatable bonds is 4. The molecule has 0 bridgehead atoms. The maximum absolute atomic E-state index is 11.6. The number of nitrogens with two attached hydrogens (primary N) is 1. The minimum absolute atomic E-state index is 0.0884. The molecular formula is C18H20N2O. The van der Waals surface area contributed by atoms with E-state index in [0.29, 0.717) is 12.5 Å². The van der Waals surface area contributed by atoms with Crippen LogP contribution in [0.2, 0.25) is 0 Å². The largest absolute Gasteiger partial charge is 0.355 e. The van der Waals surface area contributed by atoms with Crippen LogP contribution in [0.3, 0.4) is 0 Å². The first kappa shape index (κ1) is 13.8. The molecule has 0 heterocycles. The predicted molar refractivity (Wildman–Crippen MR) is 85.0 cm³/mol. The number of nitrogens with one attached hydrogen (secondary N) is 1. The Balaban J connectivity index is 1.81. The summed E-state index contributed by atoms with van der Waals surface area (Å²) in [5, 5.41) is 2.91. The van der Waals surface area contributed by atoms with Crippen molar-refractivity contribution < 1.29 is 4.79 Å². The van der Waals surface area contributed by atoms with Gasteiger partial charge in [-0.2, -0.15) is 0 Å². The quantitative estimate of drug-likeness (QED) is 0.904. The summed E-state index contributed by atoms with van der Waals surface area (Å²) in [6.45, 7) is 2.35. The summed E-state index contributed by atoms with van der Waals surface area (Å²) >= 11 is 0. The van der Waals surface area contributed by atoms with Crippen LogP contribution in [0.4, 0.5) is 0 Å². The fourth-order valence-corrected chi connectivity index (χ4v) is 3.07. The van der Waals surface area contributed by atoms with E-state index in [1.807, 2.05) is 0 Å². The Labute approximate surface area is 125 Å². The zero-order valence-electron chi connectivity index (χ0n) is 12.2. The third-order valence-corrected chi connectivity index (χ3v) is 4.11. The Hall–Kier alpha value is -2.13. The van der Waals surface area contributed by atoms with Crippen LogP contribution in [0, 0.1) is 0 Å². The Morgan fingerprint density at radius 1 is 1.10 bits per heavy atom. The van der Waals surface area contributed by atoms with E-state index in [9.17, 15) is 4.79 Å². The molecule has 3 N–H and O–H groups in total. The average molecular weight is 280 g/mol. The second-order valence-electron chi connectivity index (χ2n) is 5.60. The summed E-state index contributed by atoms with van der Waals surface area (Å²) in [7, 11) is 0. The van der Waals surface area contributed by atoms with Crippen molar-refractivity contribution >= 4 is 5.91 Å².